The Kier molecular flexibility index (Phi) is 5.83. The van der Waals surface area contributed by atoms with Gasteiger partial charge in [-0.15, -0.1) is 0 Å². The highest BCUT2D eigenvalue weighted by molar-refractivity contribution is 9.10. The number of nitrogens with two attached hydrogens (primary N) is 1. The summed E-state index contributed by atoms with van der Waals surface area (Å²) in [4.78, 5) is 19.9. The minimum absolute atomic E-state index is 0.0231. The topological polar surface area (TPSA) is 92.2 Å². The summed E-state index contributed by atoms with van der Waals surface area (Å²) in [6.45, 7) is 6.54. The zero-order valence-corrected chi connectivity index (χ0v) is 19.9. The number of nitrogens with zero attached hydrogens (tertiary/aromatic N) is 3. The summed E-state index contributed by atoms with van der Waals surface area (Å²) < 4.78 is 6.69. The van der Waals surface area contributed by atoms with Gasteiger partial charge < -0.3 is 10.5 Å². The molecule has 0 bridgehead atoms. The highest BCUT2D eigenvalue weighted by atomic mass is 79.9. The number of nitriles is 1. The normalized spacial score (nSPS) is 20.2. The predicted octanol–water partition coefficient (Wildman–Crippen LogP) is 5.18. The number of pyridine rings is 1. The Hall–Kier alpha value is -3.11. The number of benzene rings is 1. The second kappa shape index (κ2) is 8.44. The summed E-state index contributed by atoms with van der Waals surface area (Å²) in [6, 6.07) is 13.5. The van der Waals surface area contributed by atoms with Gasteiger partial charge in [-0.25, -0.2) is 4.98 Å². The van der Waals surface area contributed by atoms with E-state index in [4.69, 9.17) is 10.5 Å². The minimum atomic E-state index is -0.576. The standard InChI is InChI=1S/C25H25BrN4O2/c1-4-32-20-8-6-5-7-16(20)22-17(13-27)24(28)30(21-10-9-15(26)14-29-21)18-11-25(2,3)12-19(31)23(18)22/h5-10,14,22H,4,11-12,28H2,1-3H3/t22-/m0/s1. The Morgan fingerprint density at radius 1 is 1.28 bits per heavy atom. The summed E-state index contributed by atoms with van der Waals surface area (Å²) in [7, 11) is 0. The van der Waals surface area contributed by atoms with Crippen LogP contribution in [0.4, 0.5) is 5.82 Å². The smallest absolute Gasteiger partial charge is 0.162 e. The van der Waals surface area contributed by atoms with Crippen LogP contribution in [0, 0.1) is 16.7 Å². The van der Waals surface area contributed by atoms with Crippen LogP contribution in [0.5, 0.6) is 5.75 Å². The number of para-hydroxylation sites is 1. The molecule has 1 aliphatic heterocycles. The van der Waals surface area contributed by atoms with Crippen LogP contribution in [0.25, 0.3) is 0 Å². The second-order valence-corrected chi connectivity index (χ2v) is 9.70. The van der Waals surface area contributed by atoms with Crippen molar-refractivity contribution in [1.82, 2.24) is 4.98 Å². The van der Waals surface area contributed by atoms with Crippen LogP contribution in [0.1, 0.15) is 45.1 Å². The molecule has 1 atom stereocenters. The van der Waals surface area contributed by atoms with E-state index in [0.29, 0.717) is 48.0 Å². The number of ether oxygens (including phenoxy) is 1. The Morgan fingerprint density at radius 2 is 2.03 bits per heavy atom. The van der Waals surface area contributed by atoms with Crippen molar-refractivity contribution in [3.05, 3.63) is 75.3 Å². The van der Waals surface area contributed by atoms with Crippen LogP contribution < -0.4 is 15.4 Å². The van der Waals surface area contributed by atoms with Crippen molar-refractivity contribution in [2.45, 2.75) is 39.5 Å². The van der Waals surface area contributed by atoms with Gasteiger partial charge in [-0.3, -0.25) is 9.69 Å². The number of hydrogen-bond donors (Lipinski definition) is 1. The van der Waals surface area contributed by atoms with E-state index in [2.05, 4.69) is 40.8 Å². The fourth-order valence-electron chi connectivity index (χ4n) is 4.59. The molecule has 0 amide bonds. The summed E-state index contributed by atoms with van der Waals surface area (Å²) >= 11 is 3.41. The van der Waals surface area contributed by atoms with Gasteiger partial charge in [-0.2, -0.15) is 5.26 Å². The first-order valence-corrected chi connectivity index (χ1v) is 11.4. The zero-order chi connectivity index (χ0) is 23.0. The fourth-order valence-corrected chi connectivity index (χ4v) is 4.82. The van der Waals surface area contributed by atoms with E-state index in [1.54, 1.807) is 11.1 Å². The number of ketones is 1. The van der Waals surface area contributed by atoms with E-state index in [9.17, 15) is 10.1 Å². The molecule has 1 aliphatic carbocycles. The molecule has 0 radical (unpaired) electrons. The number of allylic oxidation sites excluding steroid dienone is 3. The number of halogens is 1. The molecule has 4 rings (SSSR count). The minimum Gasteiger partial charge on any atom is -0.494 e. The van der Waals surface area contributed by atoms with E-state index in [1.807, 2.05) is 43.3 Å². The average molecular weight is 493 g/mol. The average Bonchev–Trinajstić information content (AvgIpc) is 2.74. The third-order valence-corrected chi connectivity index (χ3v) is 6.32. The van der Waals surface area contributed by atoms with Crippen molar-refractivity contribution in [2.24, 2.45) is 11.1 Å². The van der Waals surface area contributed by atoms with E-state index >= 15 is 0 Å². The van der Waals surface area contributed by atoms with Gasteiger partial charge in [0.1, 0.15) is 17.4 Å². The van der Waals surface area contributed by atoms with Crippen molar-refractivity contribution >= 4 is 27.5 Å². The van der Waals surface area contributed by atoms with E-state index in [0.717, 1.165) is 15.7 Å². The molecule has 164 valence electrons. The summed E-state index contributed by atoms with van der Waals surface area (Å²) in [5.74, 6) is 0.971. The highest BCUT2D eigenvalue weighted by Gasteiger charge is 2.45. The lowest BCUT2D eigenvalue weighted by molar-refractivity contribution is -0.118. The first kappa shape index (κ1) is 22.1. The number of hydrogen-bond acceptors (Lipinski definition) is 6. The number of carbonyl (C=O) groups is 1. The van der Waals surface area contributed by atoms with Crippen molar-refractivity contribution in [3.63, 3.8) is 0 Å². The molecule has 32 heavy (non-hydrogen) atoms. The molecule has 0 spiro atoms. The van der Waals surface area contributed by atoms with Crippen molar-refractivity contribution < 1.29 is 9.53 Å². The Morgan fingerprint density at radius 3 is 2.69 bits per heavy atom. The van der Waals surface area contributed by atoms with Gasteiger partial charge >= 0.3 is 0 Å². The second-order valence-electron chi connectivity index (χ2n) is 8.79. The number of carbonyl (C=O) groups excluding carboxylic acids is 1. The van der Waals surface area contributed by atoms with Gasteiger partial charge in [-0.05, 0) is 52.9 Å². The third kappa shape index (κ3) is 3.80. The lowest BCUT2D eigenvalue weighted by atomic mass is 9.68. The first-order valence-electron chi connectivity index (χ1n) is 10.6. The molecule has 1 aromatic carbocycles. The molecule has 2 heterocycles. The number of anilines is 1. The van der Waals surface area contributed by atoms with Crippen LogP contribution in [0.2, 0.25) is 0 Å². The lowest BCUT2D eigenvalue weighted by Crippen LogP contribution is -2.42. The summed E-state index contributed by atoms with van der Waals surface area (Å²) in [5.41, 5.74) is 8.91. The number of Topliss-reactive ketones (excluding diaryl/α,β-unsaturated/α-hetero) is 1. The van der Waals surface area contributed by atoms with Gasteiger partial charge in [0.25, 0.3) is 0 Å². The molecule has 6 nitrogen and oxygen atoms in total. The molecule has 0 unspecified atom stereocenters. The molecule has 0 saturated heterocycles. The predicted molar refractivity (Wildman–Crippen MR) is 127 cm³/mol. The molecule has 2 aliphatic rings. The Balaban J connectivity index is 2.00. The van der Waals surface area contributed by atoms with Crippen LogP contribution in [0.15, 0.2) is 69.7 Å². The zero-order valence-electron chi connectivity index (χ0n) is 18.4. The molecular weight excluding hydrogens is 468 g/mol. The Bertz CT molecular complexity index is 1180. The first-order chi connectivity index (χ1) is 15.3. The molecule has 2 aromatic rings. The summed E-state index contributed by atoms with van der Waals surface area (Å²) in [6.07, 6.45) is 2.72. The van der Waals surface area contributed by atoms with E-state index < -0.39 is 5.92 Å². The molecule has 0 saturated carbocycles. The lowest BCUT2D eigenvalue weighted by Gasteiger charge is -2.43. The van der Waals surface area contributed by atoms with Crippen LogP contribution in [0.3, 0.4) is 0 Å². The quantitative estimate of drug-likeness (QED) is 0.631. The van der Waals surface area contributed by atoms with Crippen LogP contribution in [-0.4, -0.2) is 17.4 Å². The Labute approximate surface area is 196 Å². The van der Waals surface area contributed by atoms with Gasteiger partial charge in [0.15, 0.2) is 5.78 Å². The maximum atomic E-state index is 13.6. The maximum Gasteiger partial charge on any atom is 0.162 e. The van der Waals surface area contributed by atoms with E-state index in [-0.39, 0.29) is 11.2 Å². The molecule has 1 aromatic heterocycles. The van der Waals surface area contributed by atoms with Crippen molar-refractivity contribution in [1.29, 1.82) is 5.26 Å². The van der Waals surface area contributed by atoms with Gasteiger partial charge in [0.2, 0.25) is 0 Å². The summed E-state index contributed by atoms with van der Waals surface area (Å²) in [5, 5.41) is 10.2. The van der Waals surface area contributed by atoms with Crippen molar-refractivity contribution in [3.8, 4) is 11.8 Å². The molecule has 7 heteroatoms. The van der Waals surface area contributed by atoms with E-state index in [1.165, 1.54) is 0 Å². The SMILES string of the molecule is CCOc1ccccc1[C@H]1C(C#N)=C(N)N(c2ccc(Br)cn2)C2=C1C(=O)CC(C)(C)C2. The number of aromatic nitrogens is 1. The fraction of sp³-hybridized carbons (Fsp3) is 0.320. The van der Waals surface area contributed by atoms with Crippen LogP contribution >= 0.6 is 15.9 Å². The molecule has 0 fully saturated rings. The third-order valence-electron chi connectivity index (χ3n) is 5.85. The van der Waals surface area contributed by atoms with Crippen molar-refractivity contribution in [2.75, 3.05) is 11.5 Å². The monoisotopic (exact) mass is 492 g/mol. The molecular formula is C25H25BrN4O2. The maximum absolute atomic E-state index is 13.6. The van der Waals surface area contributed by atoms with Crippen LogP contribution in [-0.2, 0) is 4.79 Å². The van der Waals surface area contributed by atoms with Gasteiger partial charge in [0, 0.05) is 33.9 Å². The highest BCUT2D eigenvalue weighted by Crippen LogP contribution is 2.51. The van der Waals surface area contributed by atoms with Gasteiger partial charge in [-0.1, -0.05) is 32.0 Å². The largest absolute Gasteiger partial charge is 0.494 e. The van der Waals surface area contributed by atoms with Gasteiger partial charge in [0.05, 0.1) is 24.2 Å². The number of rotatable bonds is 4. The molecule has 2 N–H and O–H groups in total.